The van der Waals surface area contributed by atoms with Gasteiger partial charge in [0.25, 0.3) is 0 Å². The number of benzene rings is 1. The fraction of sp³-hybridized carbons (Fsp3) is 0.667. The molecule has 4 atom stereocenters. The summed E-state index contributed by atoms with van der Waals surface area (Å²) >= 11 is 0. The van der Waals surface area contributed by atoms with E-state index in [4.69, 9.17) is 18.2 Å². The largest absolute Gasteiger partial charge is 0.750 e. The fourth-order valence-electron chi connectivity index (χ4n) is 3.16. The first-order valence-corrected chi connectivity index (χ1v) is 12.8. The van der Waals surface area contributed by atoms with Crippen molar-refractivity contribution in [1.29, 1.82) is 0 Å². The van der Waals surface area contributed by atoms with Crippen LogP contribution in [0.15, 0.2) is 30.3 Å². The molecule has 8 heteroatoms. The summed E-state index contributed by atoms with van der Waals surface area (Å²) < 4.78 is 49.4. The molecule has 1 aliphatic rings. The highest BCUT2D eigenvalue weighted by atomic mass is 31.1. The van der Waals surface area contributed by atoms with Crippen LogP contribution in [0.5, 0.6) is 5.75 Å². The maximum Gasteiger partial charge on any atom is 0.750 e. The Kier molecular flexibility index (Phi) is 7.73. The Bertz CT molecular complexity index is 574. The van der Waals surface area contributed by atoms with Crippen molar-refractivity contribution in [3.63, 3.8) is 0 Å². The molecule has 1 aromatic carbocycles. The van der Waals surface area contributed by atoms with E-state index in [0.29, 0.717) is 5.75 Å². The zero-order valence-electron chi connectivity index (χ0n) is 15.9. The van der Waals surface area contributed by atoms with E-state index >= 15 is 0 Å². The third-order valence-electron chi connectivity index (χ3n) is 5.09. The van der Waals surface area contributed by atoms with E-state index in [1.165, 1.54) is 6.92 Å². The van der Waals surface area contributed by atoms with Crippen LogP contribution < -0.4 is 4.52 Å². The summed E-state index contributed by atoms with van der Waals surface area (Å²) in [4.78, 5) is 0. The molecule has 0 aromatic heterocycles. The van der Waals surface area contributed by atoms with Crippen LogP contribution in [0.25, 0.3) is 0 Å². The highest BCUT2D eigenvalue weighted by Crippen LogP contribution is 2.37. The van der Waals surface area contributed by atoms with Gasteiger partial charge in [-0.25, -0.2) is 8.91 Å². The number of alkyl halides is 1. The summed E-state index contributed by atoms with van der Waals surface area (Å²) in [5, 5.41) is 0. The van der Waals surface area contributed by atoms with Crippen LogP contribution in [0.1, 0.15) is 27.7 Å². The molecule has 1 heterocycles. The second-order valence-corrected chi connectivity index (χ2v) is 12.4. The minimum atomic E-state index is -2.36. The van der Waals surface area contributed by atoms with Crippen molar-refractivity contribution in [2.24, 2.45) is 0 Å². The minimum absolute atomic E-state index is 0.0339. The molecule has 0 bridgehead atoms. The number of para-hydroxylation sites is 1. The Hall–Kier alpha value is -0.853. The molecule has 1 aromatic rings. The molecule has 1 saturated heterocycles. The molecule has 1 fully saturated rings. The van der Waals surface area contributed by atoms with E-state index in [2.05, 4.69) is 20.8 Å². The highest BCUT2D eigenvalue weighted by Gasteiger charge is 2.52. The number of halogens is 1. The lowest BCUT2D eigenvalue weighted by atomic mass is 10.0. The molecule has 0 radical (unpaired) electrons. The normalized spacial score (nSPS) is 26.7. The van der Waals surface area contributed by atoms with Crippen LogP contribution in [-0.4, -0.2) is 39.4 Å². The van der Waals surface area contributed by atoms with Crippen molar-refractivity contribution >= 4 is 16.6 Å². The second-order valence-electron chi connectivity index (χ2n) is 6.83. The summed E-state index contributed by atoms with van der Waals surface area (Å²) in [6, 6.07) is 11.5. The molecule has 0 spiro atoms. The van der Waals surface area contributed by atoms with E-state index in [-0.39, 0.29) is 13.2 Å². The summed E-state index contributed by atoms with van der Waals surface area (Å²) in [6.07, 6.45) is -1.31. The van der Waals surface area contributed by atoms with Crippen LogP contribution in [0.4, 0.5) is 4.39 Å². The van der Waals surface area contributed by atoms with Gasteiger partial charge in [0.05, 0.1) is 6.61 Å². The van der Waals surface area contributed by atoms with E-state index in [1.54, 1.807) is 24.3 Å². The van der Waals surface area contributed by atoms with Gasteiger partial charge in [-0.05, 0) is 37.2 Å². The lowest BCUT2D eigenvalue weighted by molar-refractivity contribution is 0.00400. The molecule has 1 aliphatic heterocycles. The third-order valence-corrected chi connectivity index (χ3v) is 10.4. The highest BCUT2D eigenvalue weighted by molar-refractivity contribution is 7.33. The number of hydrogen-bond acceptors (Lipinski definition) is 5. The Morgan fingerprint density at radius 2 is 1.85 bits per heavy atom. The summed E-state index contributed by atoms with van der Waals surface area (Å²) in [6.45, 7) is 7.71. The van der Waals surface area contributed by atoms with Gasteiger partial charge < -0.3 is 9.16 Å². The van der Waals surface area contributed by atoms with Crippen molar-refractivity contribution < 1.29 is 27.2 Å². The van der Waals surface area contributed by atoms with Crippen LogP contribution in [0.2, 0.25) is 18.1 Å². The zero-order valence-corrected chi connectivity index (χ0v) is 17.8. The van der Waals surface area contributed by atoms with Crippen LogP contribution in [0.3, 0.4) is 0 Å². The molecule has 1 unspecified atom stereocenters. The van der Waals surface area contributed by atoms with Crippen molar-refractivity contribution in [3.8, 4) is 5.75 Å². The fourth-order valence-corrected chi connectivity index (χ4v) is 6.71. The monoisotopic (exact) mass is 403 g/mol. The van der Waals surface area contributed by atoms with E-state index in [9.17, 15) is 8.96 Å². The Balaban J connectivity index is 1.97. The Morgan fingerprint density at radius 1 is 1.23 bits per heavy atom. The van der Waals surface area contributed by atoms with Gasteiger partial charge in [-0.1, -0.05) is 39.0 Å². The number of hydrogen-bond donors (Lipinski definition) is 0. The first-order chi connectivity index (χ1) is 12.4. The lowest BCUT2D eigenvalue weighted by Gasteiger charge is -2.36. The first-order valence-electron chi connectivity index (χ1n) is 9.17. The average molecular weight is 403 g/mol. The van der Waals surface area contributed by atoms with Gasteiger partial charge in [-0.15, -0.1) is 4.52 Å². The molecular formula is C18H29FO5PSi+. The summed E-state index contributed by atoms with van der Waals surface area (Å²) in [7, 11) is -4.37. The van der Waals surface area contributed by atoms with Gasteiger partial charge in [-0.3, -0.25) is 0 Å². The van der Waals surface area contributed by atoms with Crippen molar-refractivity contribution in [3.05, 3.63) is 30.3 Å². The first kappa shape index (κ1) is 21.4. The van der Waals surface area contributed by atoms with Gasteiger partial charge in [0.2, 0.25) is 0 Å². The average Bonchev–Trinajstić information content (AvgIpc) is 2.92. The van der Waals surface area contributed by atoms with Gasteiger partial charge in [0.15, 0.2) is 19.7 Å². The number of ether oxygens (including phenoxy) is 1. The third kappa shape index (κ3) is 5.33. The van der Waals surface area contributed by atoms with Crippen molar-refractivity contribution in [1.82, 2.24) is 0 Å². The van der Waals surface area contributed by atoms with Crippen LogP contribution >= 0.6 is 8.25 Å². The number of rotatable bonds is 10. The van der Waals surface area contributed by atoms with E-state index in [1.807, 2.05) is 6.07 Å². The quantitative estimate of drug-likeness (QED) is 0.394. The van der Waals surface area contributed by atoms with E-state index in [0.717, 1.165) is 18.1 Å². The summed E-state index contributed by atoms with van der Waals surface area (Å²) in [5.74, 6) is 0.457. The second kappa shape index (κ2) is 9.38. The van der Waals surface area contributed by atoms with Crippen LogP contribution in [-0.2, 0) is 18.3 Å². The SMILES string of the molecule is CC[Si](CC)(CC)O[C@@H]1[C@@H](CO[P+](=O)Oc2ccccc2)OC[C@]1(C)F. The predicted molar refractivity (Wildman–Crippen MR) is 102 cm³/mol. The molecular weight excluding hydrogens is 374 g/mol. The summed E-state index contributed by atoms with van der Waals surface area (Å²) in [5.41, 5.74) is -1.59. The van der Waals surface area contributed by atoms with Crippen molar-refractivity contribution in [2.45, 2.75) is 63.7 Å². The van der Waals surface area contributed by atoms with Crippen molar-refractivity contribution in [2.75, 3.05) is 13.2 Å². The van der Waals surface area contributed by atoms with Crippen LogP contribution in [0, 0.1) is 0 Å². The zero-order chi connectivity index (χ0) is 19.2. The van der Waals surface area contributed by atoms with Gasteiger partial charge in [-0.2, -0.15) is 0 Å². The predicted octanol–water partition coefficient (Wildman–Crippen LogP) is 5.26. The maximum atomic E-state index is 14.9. The van der Waals surface area contributed by atoms with E-state index < -0.39 is 34.4 Å². The molecule has 0 N–H and O–H groups in total. The molecule has 5 nitrogen and oxygen atoms in total. The lowest BCUT2D eigenvalue weighted by Crippen LogP contribution is -2.50. The van der Waals surface area contributed by atoms with Gasteiger partial charge in [0.1, 0.15) is 18.8 Å². The molecule has 0 aliphatic carbocycles. The maximum absolute atomic E-state index is 14.9. The standard InChI is InChI=1S/C18H29FO5PSi/c1-5-26(6-2,7-3)24-17-16(21-14-18(17,4)19)13-22-25(20)23-15-11-9-8-10-12-15/h8-12,16-17H,5-7,13-14H2,1-4H3/q+1/t16-,17-,18+/m1/s1. The Labute approximate surface area is 157 Å². The van der Waals surface area contributed by atoms with Gasteiger partial charge in [0, 0.05) is 4.57 Å². The molecule has 26 heavy (non-hydrogen) atoms. The topological polar surface area (TPSA) is 54.0 Å². The molecule has 146 valence electrons. The Morgan fingerprint density at radius 3 is 2.42 bits per heavy atom. The smallest absolute Gasteiger partial charge is 0.408 e. The minimum Gasteiger partial charge on any atom is -0.408 e. The van der Waals surface area contributed by atoms with Gasteiger partial charge >= 0.3 is 8.25 Å². The molecule has 2 rings (SSSR count). The molecule has 0 amide bonds. The molecule has 0 saturated carbocycles.